The van der Waals surface area contributed by atoms with Crippen LogP contribution in [0.5, 0.6) is 11.5 Å². The Morgan fingerprint density at radius 1 is 1.06 bits per heavy atom. The molecule has 0 saturated carbocycles. The molecule has 2 aromatic rings. The largest absolute Gasteiger partial charge is 0.504 e. The van der Waals surface area contributed by atoms with Gasteiger partial charge in [0, 0.05) is 23.5 Å². The molecular formula is C23H35N2O5P. The van der Waals surface area contributed by atoms with Crippen molar-refractivity contribution in [3.05, 3.63) is 42.2 Å². The van der Waals surface area contributed by atoms with Gasteiger partial charge in [-0.1, -0.05) is 13.8 Å². The highest BCUT2D eigenvalue weighted by Crippen LogP contribution is 2.53. The number of rotatable bonds is 11. The van der Waals surface area contributed by atoms with Gasteiger partial charge in [0.15, 0.2) is 11.5 Å². The van der Waals surface area contributed by atoms with Crippen LogP contribution in [0, 0.1) is 5.92 Å². The van der Waals surface area contributed by atoms with Crippen LogP contribution in [0.4, 0.5) is 11.4 Å². The Hall–Kier alpha value is -2.08. The van der Waals surface area contributed by atoms with Crippen molar-refractivity contribution in [1.29, 1.82) is 0 Å². The monoisotopic (exact) mass is 450 g/mol. The first kappa shape index (κ1) is 25.2. The van der Waals surface area contributed by atoms with Crippen LogP contribution in [0.25, 0.3) is 0 Å². The van der Waals surface area contributed by atoms with Crippen molar-refractivity contribution in [2.75, 3.05) is 18.3 Å². The average molecular weight is 451 g/mol. The summed E-state index contributed by atoms with van der Waals surface area (Å²) in [5.74, 6) is 0.801. The van der Waals surface area contributed by atoms with Gasteiger partial charge in [0.05, 0.1) is 31.2 Å². The third kappa shape index (κ3) is 7.23. The minimum Gasteiger partial charge on any atom is -0.504 e. The molecule has 0 aliphatic heterocycles. The fourth-order valence-electron chi connectivity index (χ4n) is 3.29. The van der Waals surface area contributed by atoms with Crippen LogP contribution in [0.1, 0.15) is 47.1 Å². The third-order valence-electron chi connectivity index (χ3n) is 4.31. The number of hydrogen-bond acceptors (Lipinski definition) is 7. The molecule has 1 heterocycles. The number of methoxy groups -OCH3 is 1. The summed E-state index contributed by atoms with van der Waals surface area (Å²) in [5, 5.41) is 10.6. The van der Waals surface area contributed by atoms with E-state index < -0.39 is 7.60 Å². The first-order valence-corrected chi connectivity index (χ1v) is 12.3. The molecule has 7 nitrogen and oxygen atoms in total. The third-order valence-corrected chi connectivity index (χ3v) is 6.43. The second-order valence-corrected chi connectivity index (χ2v) is 10.4. The fraction of sp³-hybridized carbons (Fsp3) is 0.522. The van der Waals surface area contributed by atoms with E-state index in [0.717, 1.165) is 11.3 Å². The molecular weight excluding hydrogens is 415 g/mol. The van der Waals surface area contributed by atoms with Crippen LogP contribution in [-0.4, -0.2) is 35.7 Å². The number of nitrogens with zero attached hydrogens (tertiary/aromatic N) is 2. The van der Waals surface area contributed by atoms with Gasteiger partial charge in [-0.15, -0.1) is 0 Å². The smallest absolute Gasteiger partial charge is 0.350 e. The van der Waals surface area contributed by atoms with Gasteiger partial charge in [-0.2, -0.15) is 0 Å². The van der Waals surface area contributed by atoms with Gasteiger partial charge >= 0.3 is 7.60 Å². The Labute approximate surface area is 185 Å². The Morgan fingerprint density at radius 3 is 2.19 bits per heavy atom. The molecule has 0 bridgehead atoms. The van der Waals surface area contributed by atoms with Crippen molar-refractivity contribution in [2.45, 2.75) is 60.2 Å². The number of pyridine rings is 1. The number of phenols is 1. The molecule has 8 heteroatoms. The standard InChI is InChI=1S/C23H35N2O5P/c1-16(2)11-19-12-21(13-22(28-7)23(19)26)25(20-9-8-10-24-14-20)15-31(27,29-17(3)4)30-18(5)6/h8-10,12-14,16-18,26H,11,15H2,1-7H3. The van der Waals surface area contributed by atoms with E-state index in [1.807, 2.05) is 50.8 Å². The highest BCUT2D eigenvalue weighted by molar-refractivity contribution is 7.54. The zero-order chi connectivity index (χ0) is 23.2. The predicted octanol–water partition coefficient (Wildman–Crippen LogP) is 6.13. The van der Waals surface area contributed by atoms with E-state index in [1.165, 1.54) is 7.11 Å². The molecule has 1 aromatic carbocycles. The van der Waals surface area contributed by atoms with E-state index in [2.05, 4.69) is 18.8 Å². The van der Waals surface area contributed by atoms with E-state index in [1.54, 1.807) is 18.5 Å². The number of ether oxygens (including phenoxy) is 1. The summed E-state index contributed by atoms with van der Waals surface area (Å²) in [6.45, 7) is 11.5. The quantitative estimate of drug-likeness (QED) is 0.412. The van der Waals surface area contributed by atoms with Crippen LogP contribution < -0.4 is 9.64 Å². The zero-order valence-electron chi connectivity index (χ0n) is 19.5. The fourth-order valence-corrected chi connectivity index (χ4v) is 5.43. The molecule has 172 valence electrons. The van der Waals surface area contributed by atoms with Crippen LogP contribution in [0.15, 0.2) is 36.7 Å². The highest BCUT2D eigenvalue weighted by atomic mass is 31.2. The summed E-state index contributed by atoms with van der Waals surface area (Å²) in [7, 11) is -1.99. The molecule has 1 aromatic heterocycles. The van der Waals surface area contributed by atoms with E-state index >= 15 is 0 Å². The van der Waals surface area contributed by atoms with E-state index in [-0.39, 0.29) is 24.2 Å². The molecule has 0 fully saturated rings. The van der Waals surface area contributed by atoms with Gasteiger partial charge in [0.25, 0.3) is 0 Å². The van der Waals surface area contributed by atoms with Gasteiger partial charge in [-0.3, -0.25) is 9.55 Å². The maximum absolute atomic E-state index is 13.7. The first-order chi connectivity index (χ1) is 14.5. The summed E-state index contributed by atoms with van der Waals surface area (Å²) in [5.41, 5.74) is 2.19. The number of benzene rings is 1. The molecule has 0 aliphatic carbocycles. The van der Waals surface area contributed by atoms with Crippen LogP contribution in [0.2, 0.25) is 0 Å². The second kappa shape index (κ2) is 11.0. The SMILES string of the molecule is COc1cc(N(CP(=O)(OC(C)C)OC(C)C)c2cccnc2)cc(CC(C)C)c1O. The van der Waals surface area contributed by atoms with Gasteiger partial charge < -0.3 is 23.8 Å². The highest BCUT2D eigenvalue weighted by Gasteiger charge is 2.32. The molecule has 0 unspecified atom stereocenters. The summed E-state index contributed by atoms with van der Waals surface area (Å²) in [6.07, 6.45) is 3.48. The van der Waals surface area contributed by atoms with Gasteiger partial charge in [-0.25, -0.2) is 0 Å². The lowest BCUT2D eigenvalue weighted by molar-refractivity contribution is 0.143. The lowest BCUT2D eigenvalue weighted by atomic mass is 10.0. The minimum atomic E-state index is -3.50. The van der Waals surface area contributed by atoms with Crippen molar-refractivity contribution in [3.63, 3.8) is 0 Å². The molecule has 0 amide bonds. The van der Waals surface area contributed by atoms with Crippen molar-refractivity contribution < 1.29 is 23.5 Å². The minimum absolute atomic E-state index is 0.00982. The molecule has 0 aliphatic rings. The number of phenolic OH excluding ortho intramolecular Hbond substituents is 1. The van der Waals surface area contributed by atoms with Crippen molar-refractivity contribution in [3.8, 4) is 11.5 Å². The van der Waals surface area contributed by atoms with E-state index in [0.29, 0.717) is 23.8 Å². The van der Waals surface area contributed by atoms with Crippen LogP contribution >= 0.6 is 7.60 Å². The van der Waals surface area contributed by atoms with E-state index in [9.17, 15) is 9.67 Å². The Bertz CT molecular complexity index is 873. The normalized spacial score (nSPS) is 12.1. The van der Waals surface area contributed by atoms with Crippen LogP contribution in [-0.2, 0) is 20.0 Å². The Kier molecular flexibility index (Phi) is 8.92. The number of aromatic hydroxyl groups is 1. The van der Waals surface area contributed by atoms with Crippen molar-refractivity contribution in [2.24, 2.45) is 5.92 Å². The molecule has 2 rings (SSSR count). The lowest BCUT2D eigenvalue weighted by Gasteiger charge is -2.31. The number of hydrogen-bond donors (Lipinski definition) is 1. The summed E-state index contributed by atoms with van der Waals surface area (Å²) in [6, 6.07) is 7.30. The number of aromatic nitrogens is 1. The first-order valence-electron chi connectivity index (χ1n) is 10.6. The molecule has 0 atom stereocenters. The molecule has 0 radical (unpaired) electrons. The van der Waals surface area contributed by atoms with Crippen molar-refractivity contribution >= 4 is 19.0 Å². The second-order valence-electron chi connectivity index (χ2n) is 8.45. The summed E-state index contributed by atoms with van der Waals surface area (Å²) < 4.78 is 30.7. The van der Waals surface area contributed by atoms with Crippen molar-refractivity contribution in [1.82, 2.24) is 4.98 Å². The number of anilines is 2. The Balaban J connectivity index is 2.61. The summed E-state index contributed by atoms with van der Waals surface area (Å²) >= 11 is 0. The molecule has 1 N–H and O–H groups in total. The predicted molar refractivity (Wildman–Crippen MR) is 124 cm³/mol. The Morgan fingerprint density at radius 2 is 1.71 bits per heavy atom. The molecule has 0 saturated heterocycles. The topological polar surface area (TPSA) is 81.1 Å². The maximum Gasteiger partial charge on any atom is 0.350 e. The van der Waals surface area contributed by atoms with Gasteiger partial charge in [-0.05, 0) is 58.2 Å². The van der Waals surface area contributed by atoms with Crippen LogP contribution in [0.3, 0.4) is 0 Å². The van der Waals surface area contributed by atoms with Gasteiger partial charge in [0.2, 0.25) is 0 Å². The summed E-state index contributed by atoms with van der Waals surface area (Å²) in [4.78, 5) is 6.06. The molecule has 0 spiro atoms. The maximum atomic E-state index is 13.7. The lowest BCUT2D eigenvalue weighted by Crippen LogP contribution is -2.23. The molecule has 31 heavy (non-hydrogen) atoms. The average Bonchev–Trinajstić information content (AvgIpc) is 2.67. The van der Waals surface area contributed by atoms with E-state index in [4.69, 9.17) is 13.8 Å². The zero-order valence-corrected chi connectivity index (χ0v) is 20.4. The van der Waals surface area contributed by atoms with Gasteiger partial charge in [0.1, 0.15) is 6.29 Å².